The predicted octanol–water partition coefficient (Wildman–Crippen LogP) is 0.528. The first-order valence-corrected chi connectivity index (χ1v) is 17.5. The number of esters is 5. The number of carbonyl (C=O) groups excluding carboxylic acids is 6. The summed E-state index contributed by atoms with van der Waals surface area (Å²) in [6.45, 7) is 12.6. The Hall–Kier alpha value is -3.40. The van der Waals surface area contributed by atoms with E-state index in [1.807, 2.05) is 6.92 Å². The van der Waals surface area contributed by atoms with E-state index in [-0.39, 0.29) is 12.2 Å². The molecular formula is C36H46O15. The molecular weight excluding hydrogens is 672 g/mol. The molecule has 7 rings (SSSR count). The Morgan fingerprint density at radius 1 is 0.804 bits per heavy atom. The molecule has 7 aliphatic rings. The van der Waals surface area contributed by atoms with Gasteiger partial charge in [0, 0.05) is 63.2 Å². The van der Waals surface area contributed by atoms with Crippen LogP contribution in [0.25, 0.3) is 0 Å². The quantitative estimate of drug-likeness (QED) is 0.205. The summed E-state index contributed by atoms with van der Waals surface area (Å²) < 4.78 is 35.4. The molecule has 2 saturated heterocycles. The Morgan fingerprint density at radius 3 is 1.94 bits per heavy atom. The molecule has 280 valence electrons. The molecule has 5 aliphatic carbocycles. The van der Waals surface area contributed by atoms with Gasteiger partial charge in [0.25, 0.3) is 0 Å². The maximum absolute atomic E-state index is 15.0. The van der Waals surface area contributed by atoms with E-state index < -0.39 is 141 Å². The van der Waals surface area contributed by atoms with E-state index in [1.54, 1.807) is 19.9 Å². The number of Topliss-reactive ketones (excluding diaryl/α,β-unsaturated/α-hetero) is 1. The number of allylic oxidation sites excluding steroid dienone is 1. The van der Waals surface area contributed by atoms with Gasteiger partial charge in [0.1, 0.15) is 35.8 Å². The molecule has 15 nitrogen and oxygen atoms in total. The van der Waals surface area contributed by atoms with Crippen molar-refractivity contribution in [1.82, 2.24) is 0 Å². The van der Waals surface area contributed by atoms with Gasteiger partial charge >= 0.3 is 29.8 Å². The van der Waals surface area contributed by atoms with Gasteiger partial charge < -0.3 is 43.7 Å². The van der Waals surface area contributed by atoms with Crippen molar-refractivity contribution in [1.29, 1.82) is 0 Å². The molecule has 4 saturated carbocycles. The minimum Gasteiger partial charge on any atom is -0.462 e. The average Bonchev–Trinajstić information content (AvgIpc) is 3.67. The van der Waals surface area contributed by atoms with Crippen molar-refractivity contribution >= 4 is 35.6 Å². The zero-order chi connectivity index (χ0) is 37.7. The summed E-state index contributed by atoms with van der Waals surface area (Å²) in [5.41, 5.74) is -9.34. The van der Waals surface area contributed by atoms with Crippen molar-refractivity contribution in [2.75, 3.05) is 0 Å². The van der Waals surface area contributed by atoms with Gasteiger partial charge in [0.15, 0.2) is 11.7 Å². The molecule has 3 N–H and O–H groups in total. The Labute approximate surface area is 294 Å². The first-order valence-electron chi connectivity index (χ1n) is 17.5. The predicted molar refractivity (Wildman–Crippen MR) is 167 cm³/mol. The Bertz CT molecular complexity index is 1670. The van der Waals surface area contributed by atoms with E-state index >= 15 is 0 Å². The Kier molecular flexibility index (Phi) is 7.64. The van der Waals surface area contributed by atoms with Gasteiger partial charge in [-0.25, -0.2) is 4.79 Å². The SMILES string of the molecule is CC(=O)O[C@@H]1[C@H]2[C@H]3[C@H]([C@H](OC(C)=O)[C@H](O)[C@]2(C)[C@@H]2[C@H]1[C@]1(C)C(=C[C@H]2C)OC(=O)[C@@]1(C)O)[C@@]1(C)[C@@H](OC(C)=O)[C@H]2O[C@H]2CC1(O)C(=O)[C@@H]3OC(C)=O. The lowest BCUT2D eigenvalue weighted by atomic mass is 9.40. The fourth-order valence-corrected chi connectivity index (χ4v) is 12.2. The van der Waals surface area contributed by atoms with Gasteiger partial charge in [-0.05, 0) is 31.8 Å². The highest BCUT2D eigenvalue weighted by atomic mass is 16.6. The number of aliphatic hydroxyl groups is 3. The topological polar surface area (TPSA) is 222 Å². The number of fused-ring (bicyclic) bond motifs is 10. The minimum absolute atomic E-state index is 0.157. The van der Waals surface area contributed by atoms with Crippen molar-refractivity contribution in [2.24, 2.45) is 51.8 Å². The molecule has 18 atom stereocenters. The van der Waals surface area contributed by atoms with Crippen molar-refractivity contribution in [3.05, 3.63) is 11.8 Å². The third kappa shape index (κ3) is 4.25. The first-order chi connectivity index (χ1) is 23.5. The second-order valence-corrected chi connectivity index (χ2v) is 16.6. The third-order valence-corrected chi connectivity index (χ3v) is 14.2. The lowest BCUT2D eigenvalue weighted by molar-refractivity contribution is -0.296. The Balaban J connectivity index is 1.55. The lowest BCUT2D eigenvalue weighted by Gasteiger charge is -2.66. The molecule has 2 heterocycles. The summed E-state index contributed by atoms with van der Waals surface area (Å²) in [7, 11) is 0. The number of rotatable bonds is 4. The van der Waals surface area contributed by atoms with E-state index in [9.17, 15) is 44.1 Å². The van der Waals surface area contributed by atoms with Crippen LogP contribution in [-0.2, 0) is 57.2 Å². The zero-order valence-corrected chi connectivity index (χ0v) is 30.0. The van der Waals surface area contributed by atoms with Gasteiger partial charge in [-0.2, -0.15) is 0 Å². The standard InChI is InChI=1S/C36H46O15/c1-12-10-18-33(7,35(9,44)31(43)51-18)23-20(12)32(6)21(26(23)47-14(3)38)19-22(27(28(32)41)48-15(4)39)34(8)30(49-16(5)40)24-17(50-24)11-36(34,45)29(42)25(19)46-13(2)37/h10,12,17,19-28,30,41,44-45H,11H2,1-9H3/t12-,17+,19+,20+,21-,22-,23-,24+,25-,26-,27+,28+,30+,32-,33+,34+,35-,36?/m1/s1. The summed E-state index contributed by atoms with van der Waals surface area (Å²) in [4.78, 5) is 79.8. The minimum atomic E-state index is -2.39. The van der Waals surface area contributed by atoms with E-state index in [4.69, 9.17) is 28.4 Å². The van der Waals surface area contributed by atoms with Gasteiger partial charge in [-0.15, -0.1) is 0 Å². The molecule has 0 bridgehead atoms. The van der Waals surface area contributed by atoms with E-state index in [0.717, 1.165) is 20.8 Å². The maximum Gasteiger partial charge on any atom is 0.343 e. The molecule has 0 aromatic carbocycles. The van der Waals surface area contributed by atoms with Gasteiger partial charge in [0.2, 0.25) is 5.78 Å². The first kappa shape index (κ1) is 36.0. The fourth-order valence-electron chi connectivity index (χ4n) is 12.2. The molecule has 0 radical (unpaired) electrons. The Morgan fingerprint density at radius 2 is 1.37 bits per heavy atom. The van der Waals surface area contributed by atoms with Crippen molar-refractivity contribution in [3.8, 4) is 0 Å². The number of ether oxygens (including phenoxy) is 6. The molecule has 51 heavy (non-hydrogen) atoms. The van der Waals surface area contributed by atoms with Gasteiger partial charge in [-0.1, -0.05) is 20.8 Å². The largest absolute Gasteiger partial charge is 0.462 e. The molecule has 6 fully saturated rings. The van der Waals surface area contributed by atoms with Crippen LogP contribution >= 0.6 is 0 Å². The highest BCUT2D eigenvalue weighted by molar-refractivity contribution is 5.95. The van der Waals surface area contributed by atoms with Crippen LogP contribution in [-0.4, -0.2) is 105 Å². The molecule has 1 unspecified atom stereocenters. The molecule has 0 aromatic rings. The summed E-state index contributed by atoms with van der Waals surface area (Å²) in [5.74, 6) is -10.7. The van der Waals surface area contributed by atoms with E-state index in [0.29, 0.717) is 0 Å². The number of hydrogen-bond acceptors (Lipinski definition) is 15. The molecule has 2 aliphatic heterocycles. The number of ketones is 1. The normalized spacial score (nSPS) is 53.0. The summed E-state index contributed by atoms with van der Waals surface area (Å²) in [6.07, 6.45) is -7.41. The number of epoxide rings is 1. The number of carbonyl (C=O) groups is 6. The lowest BCUT2D eigenvalue weighted by Crippen LogP contribution is -2.80. The smallest absolute Gasteiger partial charge is 0.343 e. The van der Waals surface area contributed by atoms with Crippen LogP contribution in [0.1, 0.15) is 68.7 Å². The summed E-state index contributed by atoms with van der Waals surface area (Å²) in [6, 6.07) is 0. The summed E-state index contributed by atoms with van der Waals surface area (Å²) >= 11 is 0. The molecule has 0 amide bonds. The molecule has 0 aromatic heterocycles. The highest BCUT2D eigenvalue weighted by Gasteiger charge is 2.86. The second kappa shape index (κ2) is 10.8. The monoisotopic (exact) mass is 718 g/mol. The molecule has 0 spiro atoms. The van der Waals surface area contributed by atoms with Crippen molar-refractivity contribution in [3.63, 3.8) is 0 Å². The summed E-state index contributed by atoms with van der Waals surface area (Å²) in [5, 5.41) is 37.4. The van der Waals surface area contributed by atoms with E-state index in [2.05, 4.69) is 0 Å². The van der Waals surface area contributed by atoms with Crippen LogP contribution in [0.15, 0.2) is 11.8 Å². The van der Waals surface area contributed by atoms with Gasteiger partial charge in [-0.3, -0.25) is 24.0 Å². The van der Waals surface area contributed by atoms with E-state index in [1.165, 1.54) is 20.8 Å². The molecule has 15 heteroatoms. The number of aliphatic hydroxyl groups excluding tert-OH is 1. The highest BCUT2D eigenvalue weighted by Crippen LogP contribution is 2.76. The van der Waals surface area contributed by atoms with Crippen LogP contribution in [0.2, 0.25) is 0 Å². The van der Waals surface area contributed by atoms with Crippen molar-refractivity contribution in [2.45, 2.75) is 123 Å². The van der Waals surface area contributed by atoms with Crippen molar-refractivity contribution < 1.29 is 72.5 Å². The second-order valence-electron chi connectivity index (χ2n) is 16.6. The van der Waals surface area contributed by atoms with Gasteiger partial charge in [0.05, 0.1) is 23.0 Å². The van der Waals surface area contributed by atoms with Crippen LogP contribution in [0.5, 0.6) is 0 Å². The third-order valence-electron chi connectivity index (χ3n) is 14.2. The van der Waals surface area contributed by atoms with Crippen LogP contribution in [0.4, 0.5) is 0 Å². The number of hydrogen-bond donors (Lipinski definition) is 3. The average molecular weight is 719 g/mol. The maximum atomic E-state index is 15.0. The zero-order valence-electron chi connectivity index (χ0n) is 30.0. The van der Waals surface area contributed by atoms with Crippen LogP contribution < -0.4 is 0 Å². The van der Waals surface area contributed by atoms with Crippen LogP contribution in [0, 0.1) is 51.8 Å². The fraction of sp³-hybridized carbons (Fsp3) is 0.778. The van der Waals surface area contributed by atoms with Crippen LogP contribution in [0.3, 0.4) is 0 Å².